The van der Waals surface area contributed by atoms with Crippen LogP contribution in [0.2, 0.25) is 0 Å². The smallest absolute Gasteiger partial charge is 0.270 e. The number of carbonyl (C=O) groups is 1. The fraction of sp³-hybridized carbons (Fsp3) is 0.278. The third kappa shape index (κ3) is 4.16. The summed E-state index contributed by atoms with van der Waals surface area (Å²) in [5.41, 5.74) is 1.25. The van der Waals surface area contributed by atoms with E-state index in [-0.39, 0.29) is 5.91 Å². The third-order valence-corrected chi connectivity index (χ3v) is 3.47. The number of nitrogens with zero attached hydrogens (tertiary/aromatic N) is 3. The van der Waals surface area contributed by atoms with Gasteiger partial charge >= 0.3 is 0 Å². The van der Waals surface area contributed by atoms with Gasteiger partial charge in [-0.25, -0.2) is 9.97 Å². The number of anilines is 1. The molecular weight excluding hydrogens is 288 g/mol. The second-order valence-electron chi connectivity index (χ2n) is 4.97. The summed E-state index contributed by atoms with van der Waals surface area (Å²) < 4.78 is 0. The van der Waals surface area contributed by atoms with E-state index in [4.69, 9.17) is 0 Å². The van der Waals surface area contributed by atoms with Crippen LogP contribution in [0.15, 0.2) is 49.1 Å². The van der Waals surface area contributed by atoms with Crippen molar-refractivity contribution < 1.29 is 4.79 Å². The molecule has 0 fully saturated rings. The van der Waals surface area contributed by atoms with Crippen LogP contribution in [-0.4, -0.2) is 35.5 Å². The van der Waals surface area contributed by atoms with Crippen LogP contribution in [0.25, 0.3) is 11.4 Å². The first-order valence-electron chi connectivity index (χ1n) is 7.78. The maximum atomic E-state index is 12.3. The van der Waals surface area contributed by atoms with E-state index in [0.29, 0.717) is 18.1 Å². The standard InChI is InChI=1S/C18H22N4O/c1-4-12-19-18(23)15-13-16(22(5-2)6-3)21-17(20-15)14-10-8-7-9-11-14/h4,7-11,13H,1,5-6,12H2,2-3H3,(H,19,23). The highest BCUT2D eigenvalue weighted by Gasteiger charge is 2.14. The van der Waals surface area contributed by atoms with E-state index in [1.165, 1.54) is 0 Å². The quantitative estimate of drug-likeness (QED) is 0.799. The molecule has 0 aliphatic rings. The van der Waals surface area contributed by atoms with Crippen LogP contribution in [-0.2, 0) is 0 Å². The number of nitrogens with one attached hydrogen (secondary N) is 1. The van der Waals surface area contributed by atoms with Gasteiger partial charge in [-0.15, -0.1) is 6.58 Å². The lowest BCUT2D eigenvalue weighted by Crippen LogP contribution is -2.27. The topological polar surface area (TPSA) is 58.1 Å². The molecule has 2 aromatic rings. The van der Waals surface area contributed by atoms with E-state index in [1.54, 1.807) is 12.1 Å². The van der Waals surface area contributed by atoms with Gasteiger partial charge < -0.3 is 10.2 Å². The molecule has 0 spiro atoms. The van der Waals surface area contributed by atoms with Crippen LogP contribution in [0, 0.1) is 0 Å². The Bertz CT molecular complexity index is 666. The predicted molar refractivity (Wildman–Crippen MR) is 93.6 cm³/mol. The molecule has 2 rings (SSSR count). The highest BCUT2D eigenvalue weighted by atomic mass is 16.1. The Balaban J connectivity index is 2.47. The van der Waals surface area contributed by atoms with Crippen molar-refractivity contribution in [1.82, 2.24) is 15.3 Å². The first-order valence-corrected chi connectivity index (χ1v) is 7.78. The molecule has 5 nitrogen and oxygen atoms in total. The van der Waals surface area contributed by atoms with Gasteiger partial charge in [-0.1, -0.05) is 36.4 Å². The van der Waals surface area contributed by atoms with Crippen molar-refractivity contribution in [3.8, 4) is 11.4 Å². The molecule has 1 amide bonds. The van der Waals surface area contributed by atoms with Gasteiger partial charge in [-0.05, 0) is 13.8 Å². The van der Waals surface area contributed by atoms with Gasteiger partial charge in [0.25, 0.3) is 5.91 Å². The molecule has 120 valence electrons. The second-order valence-corrected chi connectivity index (χ2v) is 4.97. The monoisotopic (exact) mass is 310 g/mol. The molecule has 1 heterocycles. The Hall–Kier alpha value is -2.69. The van der Waals surface area contributed by atoms with Crippen molar-refractivity contribution in [3.05, 3.63) is 54.7 Å². The fourth-order valence-electron chi connectivity index (χ4n) is 2.23. The largest absolute Gasteiger partial charge is 0.357 e. The lowest BCUT2D eigenvalue weighted by Gasteiger charge is -2.20. The highest BCUT2D eigenvalue weighted by Crippen LogP contribution is 2.20. The highest BCUT2D eigenvalue weighted by molar-refractivity contribution is 5.93. The lowest BCUT2D eigenvalue weighted by molar-refractivity contribution is 0.0953. The molecule has 0 saturated heterocycles. The molecule has 1 aromatic carbocycles. The number of aromatic nitrogens is 2. The minimum atomic E-state index is -0.224. The molecule has 0 radical (unpaired) electrons. The van der Waals surface area contributed by atoms with Gasteiger partial charge in [-0.2, -0.15) is 0 Å². The van der Waals surface area contributed by atoms with Crippen LogP contribution < -0.4 is 10.2 Å². The van der Waals surface area contributed by atoms with Crippen molar-refractivity contribution in [1.29, 1.82) is 0 Å². The Morgan fingerprint density at radius 2 is 1.91 bits per heavy atom. The normalized spacial score (nSPS) is 10.2. The van der Waals surface area contributed by atoms with Crippen molar-refractivity contribution in [2.75, 3.05) is 24.5 Å². The van der Waals surface area contributed by atoms with Crippen LogP contribution in [0.5, 0.6) is 0 Å². The van der Waals surface area contributed by atoms with Crippen LogP contribution in [0.3, 0.4) is 0 Å². The fourth-order valence-corrected chi connectivity index (χ4v) is 2.23. The van der Waals surface area contributed by atoms with Gasteiger partial charge in [0, 0.05) is 31.3 Å². The number of rotatable bonds is 7. The van der Waals surface area contributed by atoms with Crippen molar-refractivity contribution in [2.24, 2.45) is 0 Å². The molecule has 0 atom stereocenters. The molecule has 5 heteroatoms. The third-order valence-electron chi connectivity index (χ3n) is 3.47. The average Bonchev–Trinajstić information content (AvgIpc) is 2.61. The van der Waals surface area contributed by atoms with E-state index in [2.05, 4.69) is 40.6 Å². The summed E-state index contributed by atoms with van der Waals surface area (Å²) in [6.45, 7) is 9.77. The average molecular weight is 310 g/mol. The zero-order valence-corrected chi connectivity index (χ0v) is 13.6. The Kier molecular flexibility index (Phi) is 5.86. The predicted octanol–water partition coefficient (Wildman–Crippen LogP) is 2.91. The van der Waals surface area contributed by atoms with E-state index in [0.717, 1.165) is 24.5 Å². The summed E-state index contributed by atoms with van der Waals surface area (Å²) in [4.78, 5) is 23.4. The van der Waals surface area contributed by atoms with Crippen molar-refractivity contribution >= 4 is 11.7 Å². The van der Waals surface area contributed by atoms with Crippen LogP contribution in [0.1, 0.15) is 24.3 Å². The van der Waals surface area contributed by atoms with Gasteiger partial charge in [0.05, 0.1) is 0 Å². The summed E-state index contributed by atoms with van der Waals surface area (Å²) in [6, 6.07) is 11.4. The van der Waals surface area contributed by atoms with Gasteiger partial charge in [0.1, 0.15) is 11.5 Å². The molecule has 0 saturated carbocycles. The number of carbonyl (C=O) groups excluding carboxylic acids is 1. The Morgan fingerprint density at radius 1 is 1.22 bits per heavy atom. The molecule has 0 bridgehead atoms. The van der Waals surface area contributed by atoms with Crippen LogP contribution >= 0.6 is 0 Å². The SMILES string of the molecule is C=CCNC(=O)c1cc(N(CC)CC)nc(-c2ccccc2)n1. The number of hydrogen-bond acceptors (Lipinski definition) is 4. The van der Waals surface area contributed by atoms with E-state index in [1.807, 2.05) is 30.3 Å². The van der Waals surface area contributed by atoms with Crippen LogP contribution in [0.4, 0.5) is 5.82 Å². The maximum Gasteiger partial charge on any atom is 0.270 e. The van der Waals surface area contributed by atoms with E-state index in [9.17, 15) is 4.79 Å². The number of hydrogen-bond donors (Lipinski definition) is 1. The zero-order chi connectivity index (χ0) is 16.7. The summed E-state index contributed by atoms with van der Waals surface area (Å²) >= 11 is 0. The lowest BCUT2D eigenvalue weighted by atomic mass is 10.2. The molecular formula is C18H22N4O. The molecule has 0 aliphatic heterocycles. The van der Waals surface area contributed by atoms with Gasteiger partial charge in [-0.3, -0.25) is 4.79 Å². The van der Waals surface area contributed by atoms with E-state index >= 15 is 0 Å². The molecule has 23 heavy (non-hydrogen) atoms. The molecule has 0 unspecified atom stereocenters. The van der Waals surface area contributed by atoms with Gasteiger partial charge in [0.2, 0.25) is 0 Å². The first kappa shape index (κ1) is 16.7. The molecule has 1 aromatic heterocycles. The minimum absolute atomic E-state index is 0.224. The molecule has 1 N–H and O–H groups in total. The number of benzene rings is 1. The summed E-state index contributed by atoms with van der Waals surface area (Å²) in [5, 5.41) is 2.76. The Morgan fingerprint density at radius 3 is 2.52 bits per heavy atom. The number of amides is 1. The maximum absolute atomic E-state index is 12.3. The summed E-state index contributed by atoms with van der Waals surface area (Å²) in [6.07, 6.45) is 1.64. The van der Waals surface area contributed by atoms with E-state index < -0.39 is 0 Å². The minimum Gasteiger partial charge on any atom is -0.357 e. The zero-order valence-electron chi connectivity index (χ0n) is 13.6. The van der Waals surface area contributed by atoms with Gasteiger partial charge in [0.15, 0.2) is 5.82 Å². The summed E-state index contributed by atoms with van der Waals surface area (Å²) in [7, 11) is 0. The second kappa shape index (κ2) is 8.08. The van der Waals surface area contributed by atoms with Crippen molar-refractivity contribution in [3.63, 3.8) is 0 Å². The first-order chi connectivity index (χ1) is 11.2. The van der Waals surface area contributed by atoms with Crippen molar-refractivity contribution in [2.45, 2.75) is 13.8 Å². The summed E-state index contributed by atoms with van der Waals surface area (Å²) in [5.74, 6) is 1.09. The molecule has 0 aliphatic carbocycles. The Labute approximate surface area is 137 Å².